The van der Waals surface area contributed by atoms with E-state index in [4.69, 9.17) is 14.6 Å². The van der Waals surface area contributed by atoms with Crippen molar-refractivity contribution < 1.29 is 29.0 Å². The minimum atomic E-state index is -1.39. The molecule has 0 saturated heterocycles. The average molecular weight is 345 g/mol. The van der Waals surface area contributed by atoms with Crippen LogP contribution in [0.15, 0.2) is 24.5 Å². The van der Waals surface area contributed by atoms with E-state index in [1.54, 1.807) is 0 Å². The van der Waals surface area contributed by atoms with Crippen molar-refractivity contribution >= 4 is 23.3 Å². The second-order valence-corrected chi connectivity index (χ2v) is 4.82. The molecule has 2 aromatic rings. The molecule has 0 bridgehead atoms. The van der Waals surface area contributed by atoms with Crippen LogP contribution in [0.25, 0.3) is 0 Å². The lowest BCUT2D eigenvalue weighted by Crippen LogP contribution is -2.20. The summed E-state index contributed by atoms with van der Waals surface area (Å²) >= 11 is 0. The van der Waals surface area contributed by atoms with Gasteiger partial charge in [-0.05, 0) is 13.0 Å². The molecule has 1 aromatic carbocycles. The molecule has 0 aliphatic carbocycles. The number of carbonyl (C=O) groups excluding carboxylic acids is 2. The first-order valence-corrected chi connectivity index (χ1v) is 7.01. The van der Waals surface area contributed by atoms with E-state index in [0.29, 0.717) is 11.5 Å². The van der Waals surface area contributed by atoms with Crippen LogP contribution in [-0.2, 0) is 0 Å². The lowest BCUT2D eigenvalue weighted by atomic mass is 10.1. The van der Waals surface area contributed by atoms with Gasteiger partial charge in [0.2, 0.25) is 0 Å². The van der Waals surface area contributed by atoms with E-state index in [1.807, 2.05) is 0 Å². The normalized spacial score (nSPS) is 10.0. The molecular weight excluding hydrogens is 330 g/mol. The predicted molar refractivity (Wildman–Crippen MR) is 86.5 cm³/mol. The van der Waals surface area contributed by atoms with E-state index in [0.717, 1.165) is 6.20 Å². The van der Waals surface area contributed by atoms with Crippen LogP contribution in [0.1, 0.15) is 38.3 Å². The number of anilines is 1. The zero-order valence-corrected chi connectivity index (χ0v) is 13.7. The minimum absolute atomic E-state index is 0.136. The first-order valence-electron chi connectivity index (χ1n) is 7.01. The number of methoxy groups -OCH3 is 2. The average Bonchev–Trinajstić information content (AvgIpc) is 2.60. The fraction of sp³-hybridized carbons (Fsp3) is 0.188. The second-order valence-electron chi connectivity index (χ2n) is 4.82. The number of aromatic carboxylic acids is 1. The Bertz CT molecular complexity index is 850. The van der Waals surface area contributed by atoms with E-state index in [9.17, 15) is 14.4 Å². The van der Waals surface area contributed by atoms with Gasteiger partial charge < -0.3 is 19.9 Å². The molecular formula is C16H15N3O6. The Morgan fingerprint density at radius 2 is 1.56 bits per heavy atom. The van der Waals surface area contributed by atoms with Gasteiger partial charge in [0.15, 0.2) is 28.7 Å². The third kappa shape index (κ3) is 3.71. The number of hydrogen-bond acceptors (Lipinski definition) is 7. The molecule has 0 fully saturated rings. The van der Waals surface area contributed by atoms with Crippen LogP contribution >= 0.6 is 0 Å². The molecule has 130 valence electrons. The molecule has 0 saturated carbocycles. The number of nitrogens with zero attached hydrogens (tertiary/aromatic N) is 2. The van der Waals surface area contributed by atoms with Gasteiger partial charge in [-0.15, -0.1) is 0 Å². The Morgan fingerprint density at radius 1 is 1.00 bits per heavy atom. The SMILES string of the molecule is COc1cc(NC(=O)c2nccnc2C(=O)O)c(C(C)=O)cc1OC. The summed E-state index contributed by atoms with van der Waals surface area (Å²) in [7, 11) is 2.82. The number of rotatable bonds is 6. The number of carboxylic acid groups (broad SMARTS) is 1. The van der Waals surface area contributed by atoms with E-state index in [1.165, 1.54) is 39.5 Å². The number of Topliss-reactive ketones (excluding diaryl/α,β-unsaturated/α-hetero) is 1. The molecule has 1 heterocycles. The molecule has 0 aliphatic rings. The largest absolute Gasteiger partial charge is 0.493 e. The number of benzene rings is 1. The Labute approximate surface area is 142 Å². The fourth-order valence-corrected chi connectivity index (χ4v) is 2.12. The van der Waals surface area contributed by atoms with E-state index in [2.05, 4.69) is 15.3 Å². The molecule has 9 heteroatoms. The highest BCUT2D eigenvalue weighted by atomic mass is 16.5. The summed E-state index contributed by atoms with van der Waals surface area (Å²) in [4.78, 5) is 42.8. The van der Waals surface area contributed by atoms with Crippen LogP contribution < -0.4 is 14.8 Å². The molecule has 25 heavy (non-hydrogen) atoms. The van der Waals surface area contributed by atoms with Crippen LogP contribution in [-0.4, -0.2) is 47.0 Å². The van der Waals surface area contributed by atoms with Gasteiger partial charge in [-0.1, -0.05) is 0 Å². The van der Waals surface area contributed by atoms with Gasteiger partial charge in [0.25, 0.3) is 5.91 Å². The van der Waals surface area contributed by atoms with E-state index in [-0.39, 0.29) is 22.7 Å². The molecule has 2 rings (SSSR count). The smallest absolute Gasteiger partial charge is 0.356 e. The van der Waals surface area contributed by atoms with Crippen LogP contribution in [0, 0.1) is 0 Å². The zero-order valence-electron chi connectivity index (χ0n) is 13.7. The maximum absolute atomic E-state index is 12.4. The first-order chi connectivity index (χ1) is 11.9. The van der Waals surface area contributed by atoms with Crippen LogP contribution in [0.5, 0.6) is 11.5 Å². The zero-order chi connectivity index (χ0) is 18.6. The summed E-state index contributed by atoms with van der Waals surface area (Å²) in [6.07, 6.45) is 2.36. The lowest BCUT2D eigenvalue weighted by molar-refractivity contribution is 0.0684. The van der Waals surface area contributed by atoms with Crippen molar-refractivity contribution in [2.45, 2.75) is 6.92 Å². The molecule has 1 amide bonds. The summed E-state index contributed by atoms with van der Waals surface area (Å²) in [5.74, 6) is -1.93. The minimum Gasteiger partial charge on any atom is -0.493 e. The Balaban J connectivity index is 2.48. The van der Waals surface area contributed by atoms with Crippen LogP contribution in [0.3, 0.4) is 0 Å². The van der Waals surface area contributed by atoms with E-state index < -0.39 is 17.6 Å². The Kier molecular flexibility index (Phi) is 5.28. The lowest BCUT2D eigenvalue weighted by Gasteiger charge is -2.14. The first kappa shape index (κ1) is 17.9. The number of amides is 1. The number of hydrogen-bond donors (Lipinski definition) is 2. The van der Waals surface area contributed by atoms with Gasteiger partial charge in [0.05, 0.1) is 19.9 Å². The number of aromatic nitrogens is 2. The fourth-order valence-electron chi connectivity index (χ4n) is 2.12. The maximum atomic E-state index is 12.4. The summed E-state index contributed by atoms with van der Waals surface area (Å²) in [6.45, 7) is 1.32. The number of ketones is 1. The highest BCUT2D eigenvalue weighted by Crippen LogP contribution is 2.33. The number of carbonyl (C=O) groups is 3. The molecule has 0 aliphatic heterocycles. The molecule has 0 unspecified atom stereocenters. The van der Waals surface area contributed by atoms with Crippen molar-refractivity contribution in [2.75, 3.05) is 19.5 Å². The van der Waals surface area contributed by atoms with Crippen molar-refractivity contribution in [3.63, 3.8) is 0 Å². The number of ether oxygens (including phenoxy) is 2. The van der Waals surface area contributed by atoms with E-state index >= 15 is 0 Å². The highest BCUT2D eigenvalue weighted by Gasteiger charge is 2.22. The molecule has 0 radical (unpaired) electrons. The highest BCUT2D eigenvalue weighted by molar-refractivity contribution is 6.11. The van der Waals surface area contributed by atoms with Gasteiger partial charge in [-0.2, -0.15) is 0 Å². The van der Waals surface area contributed by atoms with Gasteiger partial charge in [-0.25, -0.2) is 14.8 Å². The summed E-state index contributed by atoms with van der Waals surface area (Å²) in [6, 6.07) is 2.83. The Morgan fingerprint density at radius 3 is 2.08 bits per heavy atom. The van der Waals surface area contributed by atoms with Gasteiger partial charge >= 0.3 is 5.97 Å². The third-order valence-corrected chi connectivity index (χ3v) is 3.27. The Hall–Kier alpha value is -3.49. The maximum Gasteiger partial charge on any atom is 0.356 e. The topological polar surface area (TPSA) is 128 Å². The third-order valence-electron chi connectivity index (χ3n) is 3.27. The summed E-state index contributed by atoms with van der Waals surface area (Å²) < 4.78 is 10.3. The molecule has 2 N–H and O–H groups in total. The van der Waals surface area contributed by atoms with Crippen molar-refractivity contribution in [2.24, 2.45) is 0 Å². The van der Waals surface area contributed by atoms with Crippen LogP contribution in [0.4, 0.5) is 5.69 Å². The molecule has 9 nitrogen and oxygen atoms in total. The van der Waals surface area contributed by atoms with Crippen molar-refractivity contribution in [1.29, 1.82) is 0 Å². The number of nitrogens with one attached hydrogen (secondary N) is 1. The number of carboxylic acids is 1. The predicted octanol–water partition coefficient (Wildman–Crippen LogP) is 1.65. The molecule has 1 aromatic heterocycles. The van der Waals surface area contributed by atoms with Gasteiger partial charge in [-0.3, -0.25) is 9.59 Å². The summed E-state index contributed by atoms with van der Waals surface area (Å²) in [5.41, 5.74) is -0.562. The van der Waals surface area contributed by atoms with Crippen molar-refractivity contribution in [1.82, 2.24) is 9.97 Å². The quantitative estimate of drug-likeness (QED) is 0.756. The van der Waals surface area contributed by atoms with Crippen molar-refractivity contribution in [3.05, 3.63) is 41.5 Å². The monoisotopic (exact) mass is 345 g/mol. The molecule has 0 atom stereocenters. The second kappa shape index (κ2) is 7.39. The van der Waals surface area contributed by atoms with Gasteiger partial charge in [0, 0.05) is 24.0 Å². The summed E-state index contributed by atoms with van der Waals surface area (Å²) in [5, 5.41) is 11.6. The van der Waals surface area contributed by atoms with Crippen molar-refractivity contribution in [3.8, 4) is 11.5 Å². The van der Waals surface area contributed by atoms with Gasteiger partial charge in [0.1, 0.15) is 0 Å². The van der Waals surface area contributed by atoms with Crippen LogP contribution in [0.2, 0.25) is 0 Å². The molecule has 0 spiro atoms. The standard InChI is InChI=1S/C16H15N3O6/c1-8(20)9-6-11(24-2)12(25-3)7-10(9)19-15(21)13-14(16(22)23)18-5-4-17-13/h4-7H,1-3H3,(H,19,21)(H,22,23).